The predicted octanol–water partition coefficient (Wildman–Crippen LogP) is 5.64. The second-order valence-corrected chi connectivity index (χ2v) is 6.85. The van der Waals surface area contributed by atoms with Crippen molar-refractivity contribution in [2.75, 3.05) is 6.61 Å². The van der Waals surface area contributed by atoms with E-state index in [9.17, 15) is 0 Å². The van der Waals surface area contributed by atoms with Crippen LogP contribution in [0, 0.1) is 0 Å². The first kappa shape index (κ1) is 14.7. The summed E-state index contributed by atoms with van der Waals surface area (Å²) in [7, 11) is 0. The molecule has 2 unspecified atom stereocenters. The van der Waals surface area contributed by atoms with Crippen molar-refractivity contribution in [1.29, 1.82) is 0 Å². The van der Waals surface area contributed by atoms with Crippen molar-refractivity contribution >= 4 is 11.6 Å². The topological polar surface area (TPSA) is 9.23 Å². The molecule has 1 spiro atoms. The summed E-state index contributed by atoms with van der Waals surface area (Å²) in [6, 6.07) is 30.2. The summed E-state index contributed by atoms with van der Waals surface area (Å²) in [5.41, 5.74) is 6.12. The van der Waals surface area contributed by atoms with Crippen molar-refractivity contribution in [3.63, 3.8) is 0 Å². The van der Waals surface area contributed by atoms with Crippen LogP contribution in [0.4, 0.5) is 0 Å². The summed E-state index contributed by atoms with van der Waals surface area (Å²) < 4.78 is 6.59. The minimum Gasteiger partial charge on any atom is -0.365 e. The highest BCUT2D eigenvalue weighted by molar-refractivity contribution is 5.94. The third-order valence-corrected chi connectivity index (χ3v) is 5.57. The highest BCUT2D eigenvalue weighted by atomic mass is 16.5. The minimum atomic E-state index is -0.376. The molecule has 0 N–H and O–H groups in total. The van der Waals surface area contributed by atoms with E-state index in [1.165, 1.54) is 27.8 Å². The largest absolute Gasteiger partial charge is 0.365 e. The van der Waals surface area contributed by atoms with Crippen LogP contribution in [0.25, 0.3) is 11.6 Å². The molecule has 0 radical (unpaired) electrons. The van der Waals surface area contributed by atoms with Gasteiger partial charge in [0, 0.05) is 12.5 Å². The molecule has 3 aromatic rings. The second kappa shape index (κ2) is 5.72. The molecule has 25 heavy (non-hydrogen) atoms. The molecule has 1 nitrogen and oxygen atoms in total. The third kappa shape index (κ3) is 2.13. The Hall–Kier alpha value is -2.64. The standard InChI is InChI=1S/C24H20O/c1-3-9-18(10-4-1)22-15-16-25-24(22)21-14-8-7-13-20(21)17-23(24)19-11-5-2-6-12-19/h1-14,17,22H,15-16H2. The highest BCUT2D eigenvalue weighted by Crippen LogP contribution is 2.59. The molecule has 0 amide bonds. The maximum Gasteiger partial charge on any atom is 0.126 e. The molecule has 1 heteroatoms. The Kier molecular flexibility index (Phi) is 3.36. The lowest BCUT2D eigenvalue weighted by molar-refractivity contribution is 0.0446. The van der Waals surface area contributed by atoms with E-state index in [0.29, 0.717) is 5.92 Å². The van der Waals surface area contributed by atoms with Crippen molar-refractivity contribution in [3.05, 3.63) is 107 Å². The van der Waals surface area contributed by atoms with Gasteiger partial charge in [0.25, 0.3) is 0 Å². The molecular weight excluding hydrogens is 304 g/mol. The van der Waals surface area contributed by atoms with Crippen LogP contribution in [-0.2, 0) is 10.3 Å². The number of hydrogen-bond acceptors (Lipinski definition) is 1. The zero-order valence-electron chi connectivity index (χ0n) is 14.1. The number of rotatable bonds is 2. The Morgan fingerprint density at radius 3 is 2.24 bits per heavy atom. The van der Waals surface area contributed by atoms with Crippen molar-refractivity contribution in [2.24, 2.45) is 0 Å². The zero-order valence-corrected chi connectivity index (χ0v) is 14.1. The Morgan fingerprint density at radius 2 is 1.44 bits per heavy atom. The van der Waals surface area contributed by atoms with Gasteiger partial charge in [0.2, 0.25) is 0 Å². The van der Waals surface area contributed by atoms with Crippen LogP contribution < -0.4 is 0 Å². The minimum absolute atomic E-state index is 0.337. The van der Waals surface area contributed by atoms with E-state index in [1.807, 2.05) is 0 Å². The molecule has 0 aromatic heterocycles. The molecule has 2 atom stereocenters. The monoisotopic (exact) mass is 324 g/mol. The highest BCUT2D eigenvalue weighted by Gasteiger charge is 2.52. The zero-order chi connectivity index (χ0) is 16.7. The molecular formula is C24H20O. The van der Waals surface area contributed by atoms with Crippen LogP contribution >= 0.6 is 0 Å². The van der Waals surface area contributed by atoms with E-state index in [4.69, 9.17) is 4.74 Å². The molecule has 2 aliphatic rings. The van der Waals surface area contributed by atoms with Gasteiger partial charge < -0.3 is 4.74 Å². The van der Waals surface area contributed by atoms with Gasteiger partial charge in [-0.3, -0.25) is 0 Å². The average Bonchev–Trinajstić information content (AvgIpc) is 3.27. The van der Waals surface area contributed by atoms with Crippen molar-refractivity contribution in [2.45, 2.75) is 17.9 Å². The van der Waals surface area contributed by atoms with Gasteiger partial charge in [0.05, 0.1) is 0 Å². The van der Waals surface area contributed by atoms with Gasteiger partial charge >= 0.3 is 0 Å². The number of hydrogen-bond donors (Lipinski definition) is 0. The summed E-state index contributed by atoms with van der Waals surface area (Å²) >= 11 is 0. The molecule has 0 saturated carbocycles. The summed E-state index contributed by atoms with van der Waals surface area (Å²) in [5, 5.41) is 0. The lowest BCUT2D eigenvalue weighted by Gasteiger charge is -2.35. The molecule has 1 heterocycles. The van der Waals surface area contributed by atoms with Crippen LogP contribution in [-0.4, -0.2) is 6.61 Å². The molecule has 1 fully saturated rings. The van der Waals surface area contributed by atoms with Crippen molar-refractivity contribution < 1.29 is 4.74 Å². The molecule has 1 aliphatic carbocycles. The van der Waals surface area contributed by atoms with Gasteiger partial charge in [0.1, 0.15) is 5.60 Å². The van der Waals surface area contributed by atoms with Gasteiger partial charge in [-0.25, -0.2) is 0 Å². The van der Waals surface area contributed by atoms with E-state index >= 15 is 0 Å². The molecule has 0 bridgehead atoms. The third-order valence-electron chi connectivity index (χ3n) is 5.57. The van der Waals surface area contributed by atoms with Gasteiger partial charge in [-0.05, 0) is 40.3 Å². The van der Waals surface area contributed by atoms with E-state index < -0.39 is 0 Å². The van der Waals surface area contributed by atoms with E-state index in [2.05, 4.69) is 91.0 Å². The fraction of sp³-hybridized carbons (Fsp3) is 0.167. The quantitative estimate of drug-likeness (QED) is 0.593. The molecule has 3 aromatic carbocycles. The van der Waals surface area contributed by atoms with Crippen LogP contribution in [0.1, 0.15) is 34.6 Å². The lowest BCUT2D eigenvalue weighted by Crippen LogP contribution is -2.31. The van der Waals surface area contributed by atoms with Crippen molar-refractivity contribution in [3.8, 4) is 0 Å². The first-order valence-electron chi connectivity index (χ1n) is 8.95. The van der Waals surface area contributed by atoms with Crippen LogP contribution in [0.3, 0.4) is 0 Å². The summed E-state index contributed by atoms with van der Waals surface area (Å²) in [6.07, 6.45) is 3.37. The van der Waals surface area contributed by atoms with Crippen molar-refractivity contribution in [1.82, 2.24) is 0 Å². The second-order valence-electron chi connectivity index (χ2n) is 6.85. The predicted molar refractivity (Wildman–Crippen MR) is 102 cm³/mol. The first-order valence-corrected chi connectivity index (χ1v) is 8.95. The molecule has 1 saturated heterocycles. The maximum absolute atomic E-state index is 6.59. The van der Waals surface area contributed by atoms with E-state index in [0.717, 1.165) is 13.0 Å². The number of fused-ring (bicyclic) bond motifs is 2. The summed E-state index contributed by atoms with van der Waals surface area (Å²) in [4.78, 5) is 0. The normalized spacial score (nSPS) is 24.3. The van der Waals surface area contributed by atoms with E-state index in [1.54, 1.807) is 0 Å². The first-order chi connectivity index (χ1) is 12.4. The maximum atomic E-state index is 6.59. The van der Waals surface area contributed by atoms with Crippen LogP contribution in [0.2, 0.25) is 0 Å². The molecule has 5 rings (SSSR count). The fourth-order valence-corrected chi connectivity index (χ4v) is 4.54. The lowest BCUT2D eigenvalue weighted by atomic mass is 9.73. The Bertz CT molecular complexity index is 927. The smallest absolute Gasteiger partial charge is 0.126 e. The molecule has 122 valence electrons. The van der Waals surface area contributed by atoms with Gasteiger partial charge in [0.15, 0.2) is 0 Å². The fourth-order valence-electron chi connectivity index (χ4n) is 4.54. The Balaban J connectivity index is 1.75. The number of benzene rings is 3. The van der Waals surface area contributed by atoms with Gasteiger partial charge in [-0.2, -0.15) is 0 Å². The van der Waals surface area contributed by atoms with Crippen LogP contribution in [0.5, 0.6) is 0 Å². The summed E-state index contributed by atoms with van der Waals surface area (Å²) in [5.74, 6) is 0.337. The summed E-state index contributed by atoms with van der Waals surface area (Å²) in [6.45, 7) is 0.790. The Labute approximate surface area is 148 Å². The van der Waals surface area contributed by atoms with E-state index in [-0.39, 0.29) is 5.60 Å². The number of ether oxygens (including phenoxy) is 1. The van der Waals surface area contributed by atoms with Gasteiger partial charge in [-0.15, -0.1) is 0 Å². The van der Waals surface area contributed by atoms with Gasteiger partial charge in [-0.1, -0.05) is 84.9 Å². The Morgan fingerprint density at radius 1 is 0.760 bits per heavy atom. The molecule has 1 aliphatic heterocycles. The average molecular weight is 324 g/mol. The SMILES string of the molecule is C1=C(c2ccccc2)C2(OCCC2c2ccccc2)c2ccccc21. The van der Waals surface area contributed by atoms with Crippen LogP contribution in [0.15, 0.2) is 84.9 Å².